The lowest BCUT2D eigenvalue weighted by molar-refractivity contribution is -0.123. The predicted molar refractivity (Wildman–Crippen MR) is 134 cm³/mol. The highest BCUT2D eigenvalue weighted by Crippen LogP contribution is 2.32. The Labute approximate surface area is 203 Å². The van der Waals surface area contributed by atoms with Gasteiger partial charge in [-0.3, -0.25) is 19.9 Å². The van der Waals surface area contributed by atoms with Crippen LogP contribution >= 0.6 is 24.0 Å². The summed E-state index contributed by atoms with van der Waals surface area (Å²) in [5.41, 5.74) is 4.13. The molecule has 0 aliphatic carbocycles. The molecule has 2 amide bonds. The van der Waals surface area contributed by atoms with Crippen molar-refractivity contribution >= 4 is 56.2 Å². The van der Waals surface area contributed by atoms with Gasteiger partial charge in [0, 0.05) is 13.0 Å². The average Bonchev–Trinajstić information content (AvgIpc) is 3.05. The Bertz CT molecular complexity index is 1150. The topological polar surface area (TPSA) is 95.6 Å². The molecule has 0 atom stereocenters. The molecule has 1 aliphatic rings. The smallest absolute Gasteiger partial charge is 0.266 e. The number of sulfonamides is 1. The summed E-state index contributed by atoms with van der Waals surface area (Å²) in [6, 6.07) is 15.9. The summed E-state index contributed by atoms with van der Waals surface area (Å²) in [4.78, 5) is 29.0. The molecule has 0 bridgehead atoms. The Morgan fingerprint density at radius 3 is 2.45 bits per heavy atom. The van der Waals surface area contributed by atoms with E-state index in [0.717, 1.165) is 11.1 Å². The summed E-state index contributed by atoms with van der Waals surface area (Å²) >= 11 is 6.64. The van der Waals surface area contributed by atoms with Gasteiger partial charge in [0.05, 0.1) is 9.80 Å². The van der Waals surface area contributed by atoms with Crippen molar-refractivity contribution in [2.75, 3.05) is 6.54 Å². The van der Waals surface area contributed by atoms with Crippen LogP contribution in [0.2, 0.25) is 0 Å². The van der Waals surface area contributed by atoms with Gasteiger partial charge >= 0.3 is 0 Å². The normalized spacial score (nSPS) is 15.3. The second-order valence-electron chi connectivity index (χ2n) is 7.52. The monoisotopic (exact) mass is 503 g/mol. The maximum absolute atomic E-state index is 12.6. The molecule has 1 fully saturated rings. The summed E-state index contributed by atoms with van der Waals surface area (Å²) in [6.45, 7) is 2.34. The standard InChI is InChI=1S/C23H25N3O4S3/c1-17-11-13-19(14-12-17)33(29,30)25-24-21(27)10-6-3-7-15-26-22(28)20(32-23(26)31)16-18-8-4-2-5-9-18/h2,4-5,8-9,11-14,16,25H,3,6-7,10,15H2,1H3,(H,24,27)/b20-16-. The molecule has 0 unspecified atom stereocenters. The van der Waals surface area contributed by atoms with Crippen molar-refractivity contribution in [1.82, 2.24) is 15.2 Å². The van der Waals surface area contributed by atoms with Crippen molar-refractivity contribution in [1.29, 1.82) is 0 Å². The largest absolute Gasteiger partial charge is 0.293 e. The van der Waals surface area contributed by atoms with E-state index in [-0.39, 0.29) is 17.2 Å². The molecular weight excluding hydrogens is 478 g/mol. The number of hydrogen-bond donors (Lipinski definition) is 2. The van der Waals surface area contributed by atoms with Crippen molar-refractivity contribution in [3.8, 4) is 0 Å². The molecule has 1 heterocycles. The van der Waals surface area contributed by atoms with Gasteiger partial charge in [0.25, 0.3) is 15.9 Å². The second-order valence-corrected chi connectivity index (χ2v) is 10.9. The summed E-state index contributed by atoms with van der Waals surface area (Å²) < 4.78 is 24.9. The molecule has 0 radical (unpaired) electrons. The highest BCUT2D eigenvalue weighted by Gasteiger charge is 2.31. The fourth-order valence-electron chi connectivity index (χ4n) is 3.09. The predicted octanol–water partition coefficient (Wildman–Crippen LogP) is 3.77. The fraction of sp³-hybridized carbons (Fsp3) is 0.261. The molecule has 10 heteroatoms. The molecule has 3 rings (SSSR count). The van der Waals surface area contributed by atoms with Crippen molar-refractivity contribution in [2.45, 2.75) is 37.5 Å². The molecule has 174 valence electrons. The maximum atomic E-state index is 12.6. The van der Waals surface area contributed by atoms with Gasteiger partial charge in [-0.1, -0.05) is 78.4 Å². The number of unbranched alkanes of at least 4 members (excludes halogenated alkanes) is 2. The van der Waals surface area contributed by atoms with Gasteiger partial charge in [-0.2, -0.15) is 0 Å². The van der Waals surface area contributed by atoms with Crippen LogP contribution in [-0.2, 0) is 19.6 Å². The summed E-state index contributed by atoms with van der Waals surface area (Å²) in [5.74, 6) is -0.515. The van der Waals surface area contributed by atoms with Gasteiger partial charge in [-0.05, 0) is 43.5 Å². The minimum absolute atomic E-state index is 0.0817. The molecule has 0 aromatic heterocycles. The number of amides is 2. The number of carbonyl (C=O) groups is 2. The third kappa shape index (κ3) is 7.23. The first kappa shape index (κ1) is 25.1. The number of nitrogens with zero attached hydrogens (tertiary/aromatic N) is 1. The lowest BCUT2D eigenvalue weighted by Gasteiger charge is -2.14. The molecule has 2 aromatic carbocycles. The zero-order valence-electron chi connectivity index (χ0n) is 18.1. The Balaban J connectivity index is 1.37. The fourth-order valence-corrected chi connectivity index (χ4v) is 5.26. The number of hydrogen-bond acceptors (Lipinski definition) is 6. The number of nitrogens with one attached hydrogen (secondary N) is 2. The van der Waals surface area contributed by atoms with Crippen LogP contribution < -0.4 is 10.3 Å². The first-order valence-corrected chi connectivity index (χ1v) is 13.1. The van der Waals surface area contributed by atoms with Crippen molar-refractivity contribution < 1.29 is 18.0 Å². The average molecular weight is 504 g/mol. The molecule has 2 aromatic rings. The number of thiocarbonyl (C=S) groups is 1. The zero-order chi connectivity index (χ0) is 23.8. The van der Waals surface area contributed by atoms with E-state index in [0.29, 0.717) is 35.0 Å². The molecule has 0 spiro atoms. The number of thioether (sulfide) groups is 1. The summed E-state index contributed by atoms with van der Waals surface area (Å²) in [7, 11) is -3.81. The van der Waals surface area contributed by atoms with Crippen molar-refractivity contribution in [2.24, 2.45) is 0 Å². The van der Waals surface area contributed by atoms with Crippen LogP contribution in [0, 0.1) is 6.92 Å². The number of benzene rings is 2. The second kappa shape index (κ2) is 11.6. The van der Waals surface area contributed by atoms with Crippen LogP contribution in [-0.4, -0.2) is 36.0 Å². The summed E-state index contributed by atoms with van der Waals surface area (Å²) in [5, 5.41) is 0. The molecule has 7 nitrogen and oxygen atoms in total. The van der Waals surface area contributed by atoms with Crippen LogP contribution in [0.3, 0.4) is 0 Å². The van der Waals surface area contributed by atoms with E-state index < -0.39 is 15.9 Å². The van der Waals surface area contributed by atoms with Crippen molar-refractivity contribution in [3.05, 3.63) is 70.6 Å². The van der Waals surface area contributed by atoms with Gasteiger partial charge in [0.2, 0.25) is 5.91 Å². The quantitative estimate of drug-likeness (QED) is 0.222. The van der Waals surface area contributed by atoms with Gasteiger partial charge < -0.3 is 0 Å². The summed E-state index contributed by atoms with van der Waals surface area (Å²) in [6.07, 6.45) is 3.96. The van der Waals surface area contributed by atoms with E-state index in [1.54, 1.807) is 17.0 Å². The third-order valence-corrected chi connectivity index (χ3v) is 7.55. The van der Waals surface area contributed by atoms with Gasteiger partial charge in [0.1, 0.15) is 4.32 Å². The van der Waals surface area contributed by atoms with Gasteiger partial charge in [0.15, 0.2) is 0 Å². The molecule has 1 aliphatic heterocycles. The molecular formula is C23H25N3O4S3. The van der Waals surface area contributed by atoms with E-state index >= 15 is 0 Å². The maximum Gasteiger partial charge on any atom is 0.266 e. The van der Waals surface area contributed by atoms with E-state index in [1.807, 2.05) is 43.3 Å². The van der Waals surface area contributed by atoms with Crippen LogP contribution in [0.25, 0.3) is 6.08 Å². The number of rotatable bonds is 10. The highest BCUT2D eigenvalue weighted by atomic mass is 32.2. The van der Waals surface area contributed by atoms with Crippen LogP contribution in [0.15, 0.2) is 64.4 Å². The van der Waals surface area contributed by atoms with E-state index in [1.165, 1.54) is 23.9 Å². The van der Waals surface area contributed by atoms with Gasteiger partial charge in [-0.25, -0.2) is 8.42 Å². The van der Waals surface area contributed by atoms with E-state index in [4.69, 9.17) is 12.2 Å². The molecule has 33 heavy (non-hydrogen) atoms. The third-order valence-electron chi connectivity index (χ3n) is 4.91. The zero-order valence-corrected chi connectivity index (χ0v) is 20.6. The van der Waals surface area contributed by atoms with Gasteiger partial charge in [-0.15, -0.1) is 4.83 Å². The van der Waals surface area contributed by atoms with E-state index in [9.17, 15) is 18.0 Å². The molecule has 2 N–H and O–H groups in total. The minimum atomic E-state index is -3.81. The Morgan fingerprint density at radius 1 is 1.06 bits per heavy atom. The lowest BCUT2D eigenvalue weighted by Crippen LogP contribution is -2.41. The van der Waals surface area contributed by atoms with Crippen LogP contribution in [0.1, 0.15) is 36.8 Å². The first-order chi connectivity index (χ1) is 15.8. The Morgan fingerprint density at radius 2 is 1.76 bits per heavy atom. The number of aryl methyl sites for hydroxylation is 1. The molecule has 0 saturated carbocycles. The first-order valence-electron chi connectivity index (χ1n) is 10.4. The SMILES string of the molecule is Cc1ccc(S(=O)(=O)NNC(=O)CCCCCN2C(=O)/C(=C/c3ccccc3)SC2=S)cc1. The number of hydrazine groups is 1. The van der Waals surface area contributed by atoms with E-state index in [2.05, 4.69) is 10.3 Å². The van der Waals surface area contributed by atoms with Crippen LogP contribution in [0.5, 0.6) is 0 Å². The van der Waals surface area contributed by atoms with Crippen LogP contribution in [0.4, 0.5) is 0 Å². The highest BCUT2D eigenvalue weighted by molar-refractivity contribution is 8.26. The number of carbonyl (C=O) groups excluding carboxylic acids is 2. The Hall–Kier alpha value is -2.53. The lowest BCUT2D eigenvalue weighted by atomic mass is 10.2. The van der Waals surface area contributed by atoms with Crippen molar-refractivity contribution in [3.63, 3.8) is 0 Å². The molecule has 1 saturated heterocycles. The minimum Gasteiger partial charge on any atom is -0.293 e. The Kier molecular flexibility index (Phi) is 8.79.